The zero-order valence-electron chi connectivity index (χ0n) is 15.2. The molecule has 1 aliphatic heterocycles. The van der Waals surface area contributed by atoms with Crippen LogP contribution >= 0.6 is 0 Å². The van der Waals surface area contributed by atoms with Crippen molar-refractivity contribution >= 4 is 17.5 Å². The SMILES string of the molecule is CCCCCCCC(=O)Nc1ccccc1C(=O)NCC1CCCO1. The van der Waals surface area contributed by atoms with Crippen molar-refractivity contribution < 1.29 is 14.3 Å². The number of ether oxygens (including phenoxy) is 1. The van der Waals surface area contributed by atoms with Gasteiger partial charge in [-0.2, -0.15) is 0 Å². The number of amides is 2. The predicted molar refractivity (Wildman–Crippen MR) is 99.8 cm³/mol. The van der Waals surface area contributed by atoms with E-state index in [1.54, 1.807) is 18.2 Å². The Morgan fingerprint density at radius 2 is 1.96 bits per heavy atom. The van der Waals surface area contributed by atoms with E-state index in [0.29, 0.717) is 24.2 Å². The van der Waals surface area contributed by atoms with Crippen molar-refractivity contribution in [1.29, 1.82) is 0 Å². The number of hydrogen-bond acceptors (Lipinski definition) is 3. The number of nitrogens with one attached hydrogen (secondary N) is 2. The van der Waals surface area contributed by atoms with E-state index >= 15 is 0 Å². The van der Waals surface area contributed by atoms with Crippen LogP contribution in [0.2, 0.25) is 0 Å². The van der Waals surface area contributed by atoms with Crippen LogP contribution in [0.25, 0.3) is 0 Å². The van der Waals surface area contributed by atoms with E-state index in [9.17, 15) is 9.59 Å². The second-order valence-electron chi connectivity index (χ2n) is 6.60. The zero-order chi connectivity index (χ0) is 17.9. The second kappa shape index (κ2) is 10.9. The maximum atomic E-state index is 12.4. The zero-order valence-corrected chi connectivity index (χ0v) is 15.2. The molecule has 5 heteroatoms. The molecule has 1 aliphatic rings. The maximum Gasteiger partial charge on any atom is 0.253 e. The van der Waals surface area contributed by atoms with Crippen LogP contribution in [0, 0.1) is 0 Å². The van der Waals surface area contributed by atoms with E-state index in [-0.39, 0.29) is 17.9 Å². The minimum Gasteiger partial charge on any atom is -0.376 e. The van der Waals surface area contributed by atoms with Gasteiger partial charge in [0.05, 0.1) is 17.4 Å². The van der Waals surface area contributed by atoms with Crippen LogP contribution in [-0.2, 0) is 9.53 Å². The van der Waals surface area contributed by atoms with Gasteiger partial charge < -0.3 is 15.4 Å². The molecule has 1 aromatic rings. The number of carbonyl (C=O) groups is 2. The second-order valence-corrected chi connectivity index (χ2v) is 6.60. The predicted octanol–water partition coefficient (Wildman–Crippen LogP) is 3.89. The number of benzene rings is 1. The lowest BCUT2D eigenvalue weighted by atomic mass is 10.1. The molecule has 0 bridgehead atoms. The molecule has 0 radical (unpaired) electrons. The van der Waals surface area contributed by atoms with Gasteiger partial charge in [-0.25, -0.2) is 0 Å². The Morgan fingerprint density at radius 3 is 2.72 bits per heavy atom. The lowest BCUT2D eigenvalue weighted by Crippen LogP contribution is -2.32. The lowest BCUT2D eigenvalue weighted by molar-refractivity contribution is -0.116. The first-order chi connectivity index (χ1) is 12.2. The van der Waals surface area contributed by atoms with Crippen LogP contribution in [0.15, 0.2) is 24.3 Å². The summed E-state index contributed by atoms with van der Waals surface area (Å²) >= 11 is 0. The first kappa shape index (κ1) is 19.4. The summed E-state index contributed by atoms with van der Waals surface area (Å²) < 4.78 is 5.52. The first-order valence-electron chi connectivity index (χ1n) is 9.49. The van der Waals surface area contributed by atoms with Crippen LogP contribution in [-0.4, -0.2) is 31.1 Å². The molecular formula is C20H30N2O3. The van der Waals surface area contributed by atoms with Crippen LogP contribution < -0.4 is 10.6 Å². The minimum absolute atomic E-state index is 0.0316. The quantitative estimate of drug-likeness (QED) is 0.632. The summed E-state index contributed by atoms with van der Waals surface area (Å²) in [4.78, 5) is 24.5. The Balaban J connectivity index is 1.81. The van der Waals surface area contributed by atoms with Gasteiger partial charge in [0.1, 0.15) is 0 Å². The molecule has 1 saturated heterocycles. The Kier molecular flexibility index (Phi) is 8.46. The molecule has 1 aromatic carbocycles. The summed E-state index contributed by atoms with van der Waals surface area (Å²) in [5, 5.41) is 5.78. The van der Waals surface area contributed by atoms with Gasteiger partial charge in [0.25, 0.3) is 5.91 Å². The van der Waals surface area contributed by atoms with Crippen molar-refractivity contribution in [2.24, 2.45) is 0 Å². The smallest absolute Gasteiger partial charge is 0.253 e. The summed E-state index contributed by atoms with van der Waals surface area (Å²) in [7, 11) is 0. The Hall–Kier alpha value is -1.88. The topological polar surface area (TPSA) is 67.4 Å². The summed E-state index contributed by atoms with van der Waals surface area (Å²) in [6, 6.07) is 7.15. The summed E-state index contributed by atoms with van der Waals surface area (Å²) in [5.74, 6) is -0.203. The molecule has 25 heavy (non-hydrogen) atoms. The summed E-state index contributed by atoms with van der Waals surface area (Å²) in [5.41, 5.74) is 1.07. The molecule has 0 aliphatic carbocycles. The monoisotopic (exact) mass is 346 g/mol. The summed E-state index contributed by atoms with van der Waals surface area (Å²) in [6.07, 6.45) is 8.18. The van der Waals surface area contributed by atoms with Gasteiger partial charge in [-0.05, 0) is 31.4 Å². The van der Waals surface area contributed by atoms with Crippen molar-refractivity contribution in [1.82, 2.24) is 5.32 Å². The Morgan fingerprint density at radius 1 is 1.16 bits per heavy atom. The van der Waals surface area contributed by atoms with Crippen molar-refractivity contribution in [3.05, 3.63) is 29.8 Å². The third-order valence-electron chi connectivity index (χ3n) is 4.47. The molecule has 0 aromatic heterocycles. The summed E-state index contributed by atoms with van der Waals surface area (Å²) in [6.45, 7) is 3.46. The number of unbranched alkanes of at least 4 members (excludes halogenated alkanes) is 4. The maximum absolute atomic E-state index is 12.4. The Bertz CT molecular complexity index is 554. The lowest BCUT2D eigenvalue weighted by Gasteiger charge is -2.13. The van der Waals surface area contributed by atoms with Crippen molar-refractivity contribution in [2.75, 3.05) is 18.5 Å². The van der Waals surface area contributed by atoms with E-state index in [2.05, 4.69) is 17.6 Å². The molecule has 0 saturated carbocycles. The first-order valence-corrected chi connectivity index (χ1v) is 9.49. The number of anilines is 1. The van der Waals surface area contributed by atoms with E-state index < -0.39 is 0 Å². The highest BCUT2D eigenvalue weighted by molar-refractivity contribution is 6.03. The number of para-hydroxylation sites is 1. The molecule has 5 nitrogen and oxygen atoms in total. The highest BCUT2D eigenvalue weighted by Gasteiger charge is 2.18. The molecule has 2 amide bonds. The van der Waals surface area contributed by atoms with Gasteiger partial charge in [-0.15, -0.1) is 0 Å². The van der Waals surface area contributed by atoms with Crippen molar-refractivity contribution in [3.63, 3.8) is 0 Å². The molecular weight excluding hydrogens is 316 g/mol. The average molecular weight is 346 g/mol. The minimum atomic E-state index is -0.172. The molecule has 2 rings (SSSR count). The van der Waals surface area contributed by atoms with Gasteiger partial charge in [0.2, 0.25) is 5.91 Å². The fourth-order valence-electron chi connectivity index (χ4n) is 3.00. The van der Waals surface area contributed by atoms with Crippen molar-refractivity contribution in [2.45, 2.75) is 64.4 Å². The fraction of sp³-hybridized carbons (Fsp3) is 0.600. The number of carbonyl (C=O) groups excluding carboxylic acids is 2. The van der Waals surface area contributed by atoms with Gasteiger partial charge in [0, 0.05) is 19.6 Å². The average Bonchev–Trinajstić information content (AvgIpc) is 3.13. The van der Waals surface area contributed by atoms with Gasteiger partial charge in [-0.1, -0.05) is 44.7 Å². The highest BCUT2D eigenvalue weighted by atomic mass is 16.5. The Labute approximate surface area is 150 Å². The van der Waals surface area contributed by atoms with Gasteiger partial charge in [-0.3, -0.25) is 9.59 Å². The molecule has 2 N–H and O–H groups in total. The molecule has 1 fully saturated rings. The van der Waals surface area contributed by atoms with Gasteiger partial charge in [0.15, 0.2) is 0 Å². The third kappa shape index (κ3) is 6.86. The number of hydrogen-bond donors (Lipinski definition) is 2. The molecule has 0 spiro atoms. The fourth-order valence-corrected chi connectivity index (χ4v) is 3.00. The van der Waals surface area contributed by atoms with E-state index in [4.69, 9.17) is 4.74 Å². The molecule has 1 unspecified atom stereocenters. The van der Waals surface area contributed by atoms with E-state index in [1.807, 2.05) is 6.07 Å². The molecule has 1 atom stereocenters. The highest BCUT2D eigenvalue weighted by Crippen LogP contribution is 2.17. The normalized spacial score (nSPS) is 16.6. The van der Waals surface area contributed by atoms with Crippen LogP contribution in [0.5, 0.6) is 0 Å². The van der Waals surface area contributed by atoms with E-state index in [1.165, 1.54) is 19.3 Å². The van der Waals surface area contributed by atoms with E-state index in [0.717, 1.165) is 32.3 Å². The van der Waals surface area contributed by atoms with Gasteiger partial charge >= 0.3 is 0 Å². The van der Waals surface area contributed by atoms with Crippen LogP contribution in [0.3, 0.4) is 0 Å². The third-order valence-corrected chi connectivity index (χ3v) is 4.47. The van der Waals surface area contributed by atoms with Crippen LogP contribution in [0.4, 0.5) is 5.69 Å². The molecule has 138 valence electrons. The molecule has 1 heterocycles. The largest absolute Gasteiger partial charge is 0.376 e. The standard InChI is InChI=1S/C20H30N2O3/c1-2-3-4-5-6-13-19(23)22-18-12-8-7-11-17(18)20(24)21-15-16-10-9-14-25-16/h7-8,11-12,16H,2-6,9-10,13-15H2,1H3,(H,21,24)(H,22,23). The van der Waals surface area contributed by atoms with Crippen LogP contribution in [0.1, 0.15) is 68.6 Å². The van der Waals surface area contributed by atoms with Crippen molar-refractivity contribution in [3.8, 4) is 0 Å². The number of rotatable bonds is 10.